The molecule has 1 aliphatic heterocycles. The topological polar surface area (TPSA) is 50.2 Å². The fourth-order valence-corrected chi connectivity index (χ4v) is 3.48. The zero-order valence-corrected chi connectivity index (χ0v) is 12.3. The highest BCUT2D eigenvalue weighted by Crippen LogP contribution is 2.33. The highest BCUT2D eigenvalue weighted by molar-refractivity contribution is 8.14. The van der Waals surface area contributed by atoms with Gasteiger partial charge in [0, 0.05) is 5.75 Å². The van der Waals surface area contributed by atoms with Crippen molar-refractivity contribution in [1.82, 2.24) is 8.75 Å². The smallest absolute Gasteiger partial charge is 0.161 e. The van der Waals surface area contributed by atoms with E-state index in [9.17, 15) is 0 Å². The van der Waals surface area contributed by atoms with E-state index < -0.39 is 0 Å². The lowest BCUT2D eigenvalue weighted by molar-refractivity contribution is 0.605. The van der Waals surface area contributed by atoms with E-state index in [-0.39, 0.29) is 5.54 Å². The third-order valence-electron chi connectivity index (χ3n) is 2.58. The van der Waals surface area contributed by atoms with Crippen molar-refractivity contribution in [3.8, 4) is 0 Å². The first-order valence-corrected chi connectivity index (χ1v) is 7.55. The first-order chi connectivity index (χ1) is 8.55. The molecule has 0 amide bonds. The largest absolute Gasteiger partial charge is 0.332 e. The Morgan fingerprint density at radius 1 is 1.33 bits per heavy atom. The van der Waals surface area contributed by atoms with Gasteiger partial charge in [0.05, 0.1) is 28.0 Å². The van der Waals surface area contributed by atoms with Crippen molar-refractivity contribution in [3.05, 3.63) is 17.2 Å². The molecule has 7 heteroatoms. The number of nitrogens with zero attached hydrogens (tertiary/aromatic N) is 3. The lowest BCUT2D eigenvalue weighted by Gasteiger charge is -2.09. The highest BCUT2D eigenvalue weighted by atomic mass is 35.5. The first kappa shape index (κ1) is 12.2. The molecule has 1 N–H and O–H groups in total. The van der Waals surface area contributed by atoms with Crippen LogP contribution in [0.4, 0.5) is 5.69 Å². The molecular weight excluding hydrogens is 288 g/mol. The minimum absolute atomic E-state index is 0.0201. The Hall–Kier alpha value is -0.850. The summed E-state index contributed by atoms with van der Waals surface area (Å²) in [6.45, 7) is 4.22. The standard InChI is InChI=1S/C11H11ClN4S2/c1-11(2)5-17-10(14-11)13-8-6(12)3-4-7-9(8)16-18-15-7/h3-4H,5H2,1-2H3,(H,13,14). The molecule has 0 unspecified atom stereocenters. The number of benzene rings is 1. The Kier molecular flexibility index (Phi) is 2.96. The van der Waals surface area contributed by atoms with Gasteiger partial charge in [0.1, 0.15) is 11.0 Å². The minimum Gasteiger partial charge on any atom is -0.332 e. The van der Waals surface area contributed by atoms with Crippen LogP contribution in [-0.2, 0) is 0 Å². The van der Waals surface area contributed by atoms with Crippen molar-refractivity contribution < 1.29 is 0 Å². The summed E-state index contributed by atoms with van der Waals surface area (Å²) in [6, 6.07) is 3.71. The van der Waals surface area contributed by atoms with Crippen molar-refractivity contribution in [3.63, 3.8) is 0 Å². The van der Waals surface area contributed by atoms with Gasteiger partial charge in [-0.1, -0.05) is 23.4 Å². The number of hydrogen-bond acceptors (Lipinski definition) is 6. The van der Waals surface area contributed by atoms with Crippen molar-refractivity contribution in [2.45, 2.75) is 19.4 Å². The van der Waals surface area contributed by atoms with Crippen LogP contribution in [-0.4, -0.2) is 25.2 Å². The average molecular weight is 299 g/mol. The van der Waals surface area contributed by atoms with E-state index in [0.717, 1.165) is 27.6 Å². The number of amidine groups is 1. The highest BCUT2D eigenvalue weighted by Gasteiger charge is 2.26. The Balaban J connectivity index is 2.00. The van der Waals surface area contributed by atoms with Gasteiger partial charge in [-0.3, -0.25) is 4.99 Å². The minimum atomic E-state index is -0.0201. The van der Waals surface area contributed by atoms with Gasteiger partial charge < -0.3 is 5.32 Å². The molecule has 2 aromatic rings. The van der Waals surface area contributed by atoms with Gasteiger partial charge in [-0.05, 0) is 26.0 Å². The average Bonchev–Trinajstić information content (AvgIpc) is 2.89. The molecule has 18 heavy (non-hydrogen) atoms. The number of hydrogen-bond donors (Lipinski definition) is 1. The molecule has 1 aromatic carbocycles. The molecule has 1 aromatic heterocycles. The van der Waals surface area contributed by atoms with Crippen LogP contribution in [0.25, 0.3) is 11.0 Å². The number of aromatic nitrogens is 2. The third-order valence-corrected chi connectivity index (χ3v) is 4.75. The number of nitrogens with one attached hydrogen (secondary N) is 1. The van der Waals surface area contributed by atoms with Gasteiger partial charge in [0.15, 0.2) is 5.17 Å². The molecular formula is C11H11ClN4S2. The van der Waals surface area contributed by atoms with Gasteiger partial charge in [-0.15, -0.1) is 0 Å². The number of aliphatic imine (C=N–C) groups is 1. The molecule has 0 spiro atoms. The number of halogens is 1. The summed E-state index contributed by atoms with van der Waals surface area (Å²) in [4.78, 5) is 4.61. The second-order valence-electron chi connectivity index (χ2n) is 4.70. The van der Waals surface area contributed by atoms with Gasteiger partial charge in [-0.2, -0.15) is 8.75 Å². The Morgan fingerprint density at radius 3 is 2.89 bits per heavy atom. The van der Waals surface area contributed by atoms with Crippen LogP contribution in [0.15, 0.2) is 17.1 Å². The van der Waals surface area contributed by atoms with Crippen LogP contribution in [0.3, 0.4) is 0 Å². The molecule has 4 nitrogen and oxygen atoms in total. The van der Waals surface area contributed by atoms with Gasteiger partial charge >= 0.3 is 0 Å². The van der Waals surface area contributed by atoms with Gasteiger partial charge in [0.25, 0.3) is 0 Å². The van der Waals surface area contributed by atoms with E-state index in [1.807, 2.05) is 12.1 Å². The molecule has 94 valence electrons. The van der Waals surface area contributed by atoms with E-state index in [1.54, 1.807) is 11.8 Å². The molecule has 0 aliphatic carbocycles. The summed E-state index contributed by atoms with van der Waals surface area (Å²) in [5.41, 5.74) is 2.44. The van der Waals surface area contributed by atoms with Gasteiger partial charge in [0.2, 0.25) is 0 Å². The van der Waals surface area contributed by atoms with Crippen LogP contribution < -0.4 is 5.32 Å². The maximum atomic E-state index is 6.22. The van der Waals surface area contributed by atoms with Crippen LogP contribution in [0.5, 0.6) is 0 Å². The summed E-state index contributed by atoms with van der Waals surface area (Å²) in [5.74, 6) is 0.970. The molecule has 2 heterocycles. The molecule has 0 fully saturated rings. The lowest BCUT2D eigenvalue weighted by Crippen LogP contribution is -2.15. The van der Waals surface area contributed by atoms with Crippen LogP contribution in [0.1, 0.15) is 13.8 Å². The second-order valence-corrected chi connectivity index (χ2v) is 6.60. The predicted molar refractivity (Wildman–Crippen MR) is 80.0 cm³/mol. The zero-order chi connectivity index (χ0) is 12.8. The summed E-state index contributed by atoms with van der Waals surface area (Å²) in [7, 11) is 0. The molecule has 3 rings (SSSR count). The van der Waals surface area contributed by atoms with Crippen molar-refractivity contribution in [2.75, 3.05) is 11.1 Å². The zero-order valence-electron chi connectivity index (χ0n) is 9.90. The molecule has 0 atom stereocenters. The SMILES string of the molecule is CC1(C)CSC(Nc2c(Cl)ccc3nsnc23)=N1. The number of fused-ring (bicyclic) bond motifs is 1. The summed E-state index contributed by atoms with van der Waals surface area (Å²) in [5, 5.41) is 4.81. The van der Waals surface area contributed by atoms with E-state index in [2.05, 4.69) is 32.9 Å². The molecule has 0 radical (unpaired) electrons. The lowest BCUT2D eigenvalue weighted by atomic mass is 10.1. The van der Waals surface area contributed by atoms with Crippen LogP contribution >= 0.6 is 35.1 Å². The molecule has 1 aliphatic rings. The summed E-state index contributed by atoms with van der Waals surface area (Å²) < 4.78 is 8.49. The second kappa shape index (κ2) is 4.36. The quantitative estimate of drug-likeness (QED) is 0.873. The summed E-state index contributed by atoms with van der Waals surface area (Å²) in [6.07, 6.45) is 0. The number of thioether (sulfide) groups is 1. The van der Waals surface area contributed by atoms with E-state index in [4.69, 9.17) is 11.6 Å². The Labute approximate surface area is 118 Å². The molecule has 0 saturated carbocycles. The van der Waals surface area contributed by atoms with Gasteiger partial charge in [-0.25, -0.2) is 0 Å². The third kappa shape index (κ3) is 2.20. The number of anilines is 1. The number of rotatable bonds is 1. The Bertz CT molecular complexity index is 635. The van der Waals surface area contributed by atoms with E-state index >= 15 is 0 Å². The summed E-state index contributed by atoms with van der Waals surface area (Å²) >= 11 is 9.11. The fourth-order valence-electron chi connectivity index (χ4n) is 1.70. The monoisotopic (exact) mass is 298 g/mol. The van der Waals surface area contributed by atoms with E-state index in [1.165, 1.54) is 11.7 Å². The van der Waals surface area contributed by atoms with Crippen molar-refractivity contribution in [1.29, 1.82) is 0 Å². The fraction of sp³-hybridized carbons (Fsp3) is 0.364. The van der Waals surface area contributed by atoms with Crippen LogP contribution in [0.2, 0.25) is 5.02 Å². The van der Waals surface area contributed by atoms with Crippen LogP contribution in [0, 0.1) is 0 Å². The Morgan fingerprint density at radius 2 is 2.17 bits per heavy atom. The van der Waals surface area contributed by atoms with E-state index in [0.29, 0.717) is 5.02 Å². The van der Waals surface area contributed by atoms with Crippen molar-refractivity contribution >= 4 is 57.0 Å². The first-order valence-electron chi connectivity index (χ1n) is 5.46. The maximum absolute atomic E-state index is 6.22. The molecule has 0 saturated heterocycles. The van der Waals surface area contributed by atoms with Crippen molar-refractivity contribution in [2.24, 2.45) is 4.99 Å². The normalized spacial score (nSPS) is 18.1. The predicted octanol–water partition coefficient (Wildman–Crippen LogP) is 3.64. The molecule has 0 bridgehead atoms. The maximum Gasteiger partial charge on any atom is 0.161 e.